The second kappa shape index (κ2) is 12.6. The summed E-state index contributed by atoms with van der Waals surface area (Å²) in [4.78, 5) is 13.1. The third kappa shape index (κ3) is 6.90. The molecule has 194 valence electrons. The molecule has 4 rings (SSSR count). The number of rotatable bonds is 10. The number of hydrogen-bond donors (Lipinski definition) is 3. The molecule has 4 N–H and O–H groups in total. The minimum Gasteiger partial charge on any atom is -0.460 e. The highest BCUT2D eigenvalue weighted by Gasteiger charge is 2.18. The van der Waals surface area contributed by atoms with Crippen LogP contribution >= 0.6 is 11.6 Å². The van der Waals surface area contributed by atoms with Crippen LogP contribution in [0.5, 0.6) is 0 Å². The molecule has 6 nitrogen and oxygen atoms in total. The molecule has 38 heavy (non-hydrogen) atoms. The maximum absolute atomic E-state index is 13.1. The molecule has 0 aliphatic heterocycles. The van der Waals surface area contributed by atoms with Gasteiger partial charge in [-0.05, 0) is 73.9 Å². The number of hydrogen-bond acceptors (Lipinski definition) is 5. The van der Waals surface area contributed by atoms with Crippen molar-refractivity contribution in [2.24, 2.45) is 5.73 Å². The quantitative estimate of drug-likeness (QED) is 0.237. The van der Waals surface area contributed by atoms with Crippen molar-refractivity contribution in [3.8, 4) is 17.4 Å². The maximum Gasteiger partial charge on any atom is 0.253 e. The number of nitrogens with two attached hydrogens (primary N) is 1. The first-order chi connectivity index (χ1) is 18.4. The largest absolute Gasteiger partial charge is 0.460 e. The Morgan fingerprint density at radius 1 is 1.05 bits per heavy atom. The van der Waals surface area contributed by atoms with Gasteiger partial charge in [-0.1, -0.05) is 53.6 Å². The fourth-order valence-corrected chi connectivity index (χ4v) is 4.37. The number of nitriles is 1. The van der Waals surface area contributed by atoms with Gasteiger partial charge in [-0.2, -0.15) is 5.26 Å². The summed E-state index contributed by atoms with van der Waals surface area (Å²) in [6.45, 7) is 5.03. The van der Waals surface area contributed by atoms with E-state index in [9.17, 15) is 4.79 Å². The van der Waals surface area contributed by atoms with Crippen LogP contribution in [0.4, 0.5) is 0 Å². The molecule has 2 atom stereocenters. The minimum atomic E-state index is -0.304. The van der Waals surface area contributed by atoms with Crippen LogP contribution in [0.15, 0.2) is 83.3 Å². The third-order valence-corrected chi connectivity index (χ3v) is 6.83. The molecule has 0 fully saturated rings. The van der Waals surface area contributed by atoms with E-state index >= 15 is 0 Å². The molecule has 0 spiro atoms. The zero-order chi connectivity index (χ0) is 27.1. The van der Waals surface area contributed by atoms with Gasteiger partial charge in [0.15, 0.2) is 0 Å². The SMILES string of the molecule is Cc1ccc(C(C)NCc2ccc(-c3ccc(Cl)c(C(=O)N[C@@H](CN)Cc4ccc(C#N)cc4)c3)o2)cc1. The number of nitrogens with zero attached hydrogens (tertiary/aromatic N) is 1. The predicted octanol–water partition coefficient (Wildman–Crippen LogP) is 5.93. The Morgan fingerprint density at radius 3 is 2.47 bits per heavy atom. The lowest BCUT2D eigenvalue weighted by molar-refractivity contribution is 0.0938. The van der Waals surface area contributed by atoms with E-state index in [1.807, 2.05) is 30.3 Å². The van der Waals surface area contributed by atoms with Gasteiger partial charge in [0, 0.05) is 24.2 Å². The van der Waals surface area contributed by atoms with Crippen LogP contribution in [-0.2, 0) is 13.0 Å². The van der Waals surface area contributed by atoms with E-state index in [1.165, 1.54) is 11.1 Å². The van der Waals surface area contributed by atoms with E-state index in [1.54, 1.807) is 24.3 Å². The van der Waals surface area contributed by atoms with Crippen LogP contribution < -0.4 is 16.4 Å². The maximum atomic E-state index is 13.1. The van der Waals surface area contributed by atoms with Crippen LogP contribution in [0.3, 0.4) is 0 Å². The molecular formula is C31H31ClN4O2. The van der Waals surface area contributed by atoms with Crippen molar-refractivity contribution in [1.29, 1.82) is 5.26 Å². The van der Waals surface area contributed by atoms with Gasteiger partial charge in [-0.15, -0.1) is 0 Å². The zero-order valence-electron chi connectivity index (χ0n) is 21.5. The van der Waals surface area contributed by atoms with Gasteiger partial charge in [0.25, 0.3) is 5.91 Å². The molecule has 0 saturated heterocycles. The van der Waals surface area contributed by atoms with E-state index in [0.29, 0.717) is 34.9 Å². The molecule has 1 unspecified atom stereocenters. The summed E-state index contributed by atoms with van der Waals surface area (Å²) in [6.07, 6.45) is 0.542. The molecule has 0 aliphatic rings. The smallest absolute Gasteiger partial charge is 0.253 e. The number of carbonyl (C=O) groups is 1. The standard InChI is InChI=1S/C31H31ClN4O2/c1-20-3-9-24(10-4-20)21(2)35-19-27-12-14-30(38-27)25-11-13-29(32)28(16-25)31(37)36-26(18-34)15-22-5-7-23(17-33)8-6-22/h3-14,16,21,26,35H,15,18-19,34H2,1-2H3,(H,36,37)/t21?,26-/m1/s1. The third-order valence-electron chi connectivity index (χ3n) is 6.50. The average Bonchev–Trinajstić information content (AvgIpc) is 3.41. The highest BCUT2D eigenvalue weighted by atomic mass is 35.5. The lowest BCUT2D eigenvalue weighted by Gasteiger charge is -2.18. The monoisotopic (exact) mass is 526 g/mol. The van der Waals surface area contributed by atoms with Crippen molar-refractivity contribution in [2.45, 2.75) is 38.9 Å². The van der Waals surface area contributed by atoms with Crippen LogP contribution in [-0.4, -0.2) is 18.5 Å². The summed E-state index contributed by atoms with van der Waals surface area (Å²) < 4.78 is 6.07. The molecule has 4 aromatic rings. The summed E-state index contributed by atoms with van der Waals surface area (Å²) in [6, 6.07) is 26.8. The molecule has 7 heteroatoms. The highest BCUT2D eigenvalue weighted by Crippen LogP contribution is 2.27. The first kappa shape index (κ1) is 27.2. The van der Waals surface area contributed by atoms with Crippen LogP contribution in [0.1, 0.15) is 51.3 Å². The average molecular weight is 527 g/mol. The first-order valence-corrected chi connectivity index (χ1v) is 12.9. The van der Waals surface area contributed by atoms with Crippen molar-refractivity contribution in [3.05, 3.63) is 117 Å². The number of aryl methyl sites for hydroxylation is 1. The van der Waals surface area contributed by atoms with Gasteiger partial charge >= 0.3 is 0 Å². The number of nitrogens with one attached hydrogen (secondary N) is 2. The number of furan rings is 1. The second-order valence-corrected chi connectivity index (χ2v) is 9.80. The van der Waals surface area contributed by atoms with E-state index in [2.05, 4.69) is 54.8 Å². The molecule has 1 amide bonds. The minimum absolute atomic E-state index is 0.176. The summed E-state index contributed by atoms with van der Waals surface area (Å²) in [5, 5.41) is 15.8. The van der Waals surface area contributed by atoms with Gasteiger partial charge in [0.1, 0.15) is 11.5 Å². The summed E-state index contributed by atoms with van der Waals surface area (Å²) in [5.74, 6) is 1.15. The molecular weight excluding hydrogens is 496 g/mol. The van der Waals surface area contributed by atoms with Crippen molar-refractivity contribution < 1.29 is 9.21 Å². The molecule has 3 aromatic carbocycles. The Hall–Kier alpha value is -3.89. The van der Waals surface area contributed by atoms with E-state index < -0.39 is 0 Å². The summed E-state index contributed by atoms with van der Waals surface area (Å²) >= 11 is 6.39. The number of carbonyl (C=O) groups excluding carboxylic acids is 1. The number of benzene rings is 3. The lowest BCUT2D eigenvalue weighted by Crippen LogP contribution is -2.41. The Labute approximate surface area is 228 Å². The van der Waals surface area contributed by atoms with E-state index in [-0.39, 0.29) is 24.5 Å². The molecule has 0 bridgehead atoms. The van der Waals surface area contributed by atoms with Gasteiger partial charge < -0.3 is 20.8 Å². The molecule has 0 aliphatic carbocycles. The zero-order valence-corrected chi connectivity index (χ0v) is 22.3. The van der Waals surface area contributed by atoms with Gasteiger partial charge in [-0.3, -0.25) is 4.79 Å². The fraction of sp³-hybridized carbons (Fsp3) is 0.226. The van der Waals surface area contributed by atoms with Crippen molar-refractivity contribution in [1.82, 2.24) is 10.6 Å². The molecule has 1 heterocycles. The van der Waals surface area contributed by atoms with Gasteiger partial charge in [0.05, 0.1) is 28.8 Å². The number of amides is 1. The first-order valence-electron chi connectivity index (χ1n) is 12.5. The Bertz CT molecular complexity index is 1420. The Balaban J connectivity index is 1.41. The summed E-state index contributed by atoms with van der Waals surface area (Å²) in [7, 11) is 0. The normalized spacial score (nSPS) is 12.5. The Kier molecular flexibility index (Phi) is 8.98. The van der Waals surface area contributed by atoms with Crippen LogP contribution in [0, 0.1) is 18.3 Å². The molecule has 0 radical (unpaired) electrons. The lowest BCUT2D eigenvalue weighted by atomic mass is 10.0. The second-order valence-electron chi connectivity index (χ2n) is 9.39. The predicted molar refractivity (Wildman–Crippen MR) is 151 cm³/mol. The van der Waals surface area contributed by atoms with Crippen molar-refractivity contribution in [3.63, 3.8) is 0 Å². The van der Waals surface area contributed by atoms with Gasteiger partial charge in [0.2, 0.25) is 0 Å². The van der Waals surface area contributed by atoms with Gasteiger partial charge in [-0.25, -0.2) is 0 Å². The topological polar surface area (TPSA) is 104 Å². The van der Waals surface area contributed by atoms with Crippen molar-refractivity contribution in [2.75, 3.05) is 6.54 Å². The van der Waals surface area contributed by atoms with Crippen molar-refractivity contribution >= 4 is 17.5 Å². The Morgan fingerprint density at radius 2 is 1.79 bits per heavy atom. The summed E-state index contributed by atoms with van der Waals surface area (Å²) in [5.41, 5.74) is 11.1. The molecule has 0 saturated carbocycles. The van der Waals surface area contributed by atoms with Crippen LogP contribution in [0.25, 0.3) is 11.3 Å². The fourth-order valence-electron chi connectivity index (χ4n) is 4.16. The highest BCUT2D eigenvalue weighted by molar-refractivity contribution is 6.34. The number of halogens is 1. The van der Waals surface area contributed by atoms with E-state index in [4.69, 9.17) is 27.0 Å². The van der Waals surface area contributed by atoms with E-state index in [0.717, 1.165) is 16.9 Å². The molecule has 1 aromatic heterocycles. The van der Waals surface area contributed by atoms with Crippen LogP contribution in [0.2, 0.25) is 5.02 Å².